The van der Waals surface area contributed by atoms with E-state index in [1.54, 1.807) is 0 Å². The molecule has 1 aromatic rings. The van der Waals surface area contributed by atoms with E-state index in [-0.39, 0.29) is 31.0 Å². The molecule has 0 aliphatic rings. The SMILES string of the molecule is NS(=O)(=O)On1ccnc1.[H-].[Na+]. The van der Waals surface area contributed by atoms with Gasteiger partial charge in [-0.2, -0.15) is 18.3 Å². The quantitative estimate of drug-likeness (QED) is 0.474. The van der Waals surface area contributed by atoms with E-state index in [0.717, 1.165) is 4.73 Å². The van der Waals surface area contributed by atoms with Crippen molar-refractivity contribution in [3.63, 3.8) is 0 Å². The number of hydrogen-bond acceptors (Lipinski definition) is 4. The molecule has 0 atom stereocenters. The van der Waals surface area contributed by atoms with Crippen molar-refractivity contribution in [3.05, 3.63) is 18.7 Å². The van der Waals surface area contributed by atoms with E-state index < -0.39 is 10.3 Å². The summed E-state index contributed by atoms with van der Waals surface area (Å²) in [5.74, 6) is 0. The Kier molecular flexibility index (Phi) is 4.04. The Morgan fingerprint density at radius 1 is 1.64 bits per heavy atom. The molecular weight excluding hydrogens is 181 g/mol. The average molecular weight is 187 g/mol. The molecule has 2 N–H and O–H groups in total. The van der Waals surface area contributed by atoms with Crippen LogP contribution in [-0.2, 0) is 10.3 Å². The van der Waals surface area contributed by atoms with Gasteiger partial charge in [-0.25, -0.2) is 4.98 Å². The van der Waals surface area contributed by atoms with Crippen LogP contribution in [0.4, 0.5) is 0 Å². The number of nitrogens with zero attached hydrogens (tertiary/aromatic N) is 2. The molecule has 1 heterocycles. The summed E-state index contributed by atoms with van der Waals surface area (Å²) in [5.41, 5.74) is 0. The van der Waals surface area contributed by atoms with Gasteiger partial charge in [0.05, 0.1) is 6.20 Å². The second-order valence-electron chi connectivity index (χ2n) is 1.49. The van der Waals surface area contributed by atoms with E-state index in [9.17, 15) is 8.42 Å². The fraction of sp³-hybridized carbons (Fsp3) is 0. The van der Waals surface area contributed by atoms with Crippen molar-refractivity contribution in [1.29, 1.82) is 0 Å². The molecule has 0 unspecified atom stereocenters. The molecule has 11 heavy (non-hydrogen) atoms. The molecule has 58 valence electrons. The molecule has 0 radical (unpaired) electrons. The molecule has 0 aliphatic carbocycles. The first-order valence-electron chi connectivity index (χ1n) is 2.28. The first kappa shape index (κ1) is 10.9. The van der Waals surface area contributed by atoms with Gasteiger partial charge in [0.1, 0.15) is 6.33 Å². The van der Waals surface area contributed by atoms with Gasteiger partial charge in [0, 0.05) is 6.20 Å². The summed E-state index contributed by atoms with van der Waals surface area (Å²) in [6.45, 7) is 0. The van der Waals surface area contributed by atoms with Crippen molar-refractivity contribution in [2.45, 2.75) is 0 Å². The zero-order valence-electron chi connectivity index (χ0n) is 6.84. The molecule has 0 aliphatic heterocycles. The maximum atomic E-state index is 10.2. The molecule has 0 saturated heterocycles. The van der Waals surface area contributed by atoms with Gasteiger partial charge < -0.3 is 1.43 Å². The Hall–Kier alpha value is -0.0800. The van der Waals surface area contributed by atoms with Crippen molar-refractivity contribution in [2.75, 3.05) is 0 Å². The monoisotopic (exact) mass is 187 g/mol. The number of nitrogens with two attached hydrogens (primary N) is 1. The fourth-order valence-electron chi connectivity index (χ4n) is 0.411. The summed E-state index contributed by atoms with van der Waals surface area (Å²) in [5, 5.41) is 4.53. The zero-order chi connectivity index (χ0) is 7.61. The maximum Gasteiger partial charge on any atom is 1.00 e. The Morgan fingerprint density at radius 3 is 2.64 bits per heavy atom. The maximum absolute atomic E-state index is 10.2. The van der Waals surface area contributed by atoms with Gasteiger partial charge in [-0.15, -0.1) is 0 Å². The minimum atomic E-state index is -3.92. The van der Waals surface area contributed by atoms with Crippen LogP contribution in [0.3, 0.4) is 0 Å². The van der Waals surface area contributed by atoms with Crippen LogP contribution in [0.2, 0.25) is 0 Å². The normalized spacial score (nSPS) is 10.3. The third-order valence-electron chi connectivity index (χ3n) is 0.670. The summed E-state index contributed by atoms with van der Waals surface area (Å²) in [6.07, 6.45) is 3.85. The predicted octanol–water partition coefficient (Wildman–Crippen LogP) is -4.37. The van der Waals surface area contributed by atoms with Crippen molar-refractivity contribution in [1.82, 2.24) is 9.71 Å². The van der Waals surface area contributed by atoms with Crippen LogP contribution in [0.1, 0.15) is 1.43 Å². The van der Waals surface area contributed by atoms with Crippen molar-refractivity contribution in [2.24, 2.45) is 5.14 Å². The fourth-order valence-corrected chi connectivity index (χ4v) is 0.739. The average Bonchev–Trinajstić information content (AvgIpc) is 2.12. The Morgan fingerprint density at radius 2 is 2.27 bits per heavy atom. The van der Waals surface area contributed by atoms with Crippen molar-refractivity contribution >= 4 is 10.3 Å². The Balaban J connectivity index is 0. The molecule has 0 bridgehead atoms. The topological polar surface area (TPSA) is 87.2 Å². The molecular formula is C3H6N3NaO3S. The Labute approximate surface area is 87.3 Å². The molecule has 6 nitrogen and oxygen atoms in total. The summed E-state index contributed by atoms with van der Waals surface area (Å²) in [6, 6.07) is 0. The van der Waals surface area contributed by atoms with Crippen LogP contribution < -0.4 is 39.0 Å². The third kappa shape index (κ3) is 4.38. The summed E-state index contributed by atoms with van der Waals surface area (Å²) in [4.78, 5) is 3.52. The molecule has 0 fully saturated rings. The molecule has 0 saturated carbocycles. The van der Waals surface area contributed by atoms with Crippen LogP contribution in [0.25, 0.3) is 0 Å². The number of rotatable bonds is 2. The third-order valence-corrected chi connectivity index (χ3v) is 1.05. The smallest absolute Gasteiger partial charge is 1.00 e. The second-order valence-corrected chi connectivity index (χ2v) is 2.62. The molecule has 1 aromatic heterocycles. The van der Waals surface area contributed by atoms with E-state index in [4.69, 9.17) is 0 Å². The summed E-state index contributed by atoms with van der Waals surface area (Å²) >= 11 is 0. The number of aromatic nitrogens is 2. The van der Waals surface area contributed by atoms with Gasteiger partial charge in [-0.05, 0) is 0 Å². The molecule has 0 spiro atoms. The Bertz CT molecular complexity index is 299. The van der Waals surface area contributed by atoms with Crippen LogP contribution in [0.15, 0.2) is 18.7 Å². The van der Waals surface area contributed by atoms with E-state index in [0.29, 0.717) is 0 Å². The first-order chi connectivity index (χ1) is 4.58. The first-order valence-corrected chi connectivity index (χ1v) is 3.76. The summed E-state index contributed by atoms with van der Waals surface area (Å²) < 4.78 is 25.4. The zero-order valence-corrected chi connectivity index (χ0v) is 8.65. The van der Waals surface area contributed by atoms with E-state index >= 15 is 0 Å². The van der Waals surface area contributed by atoms with Gasteiger partial charge in [0.15, 0.2) is 0 Å². The van der Waals surface area contributed by atoms with E-state index in [2.05, 4.69) is 14.4 Å². The van der Waals surface area contributed by atoms with Gasteiger partial charge in [-0.1, -0.05) is 0 Å². The molecule has 8 heteroatoms. The number of imidazole rings is 1. The summed E-state index contributed by atoms with van der Waals surface area (Å²) in [7, 11) is -3.92. The van der Waals surface area contributed by atoms with E-state index in [1.807, 2.05) is 0 Å². The largest absolute Gasteiger partial charge is 1.00 e. The van der Waals surface area contributed by atoms with Crippen molar-refractivity contribution in [3.8, 4) is 0 Å². The van der Waals surface area contributed by atoms with Crippen LogP contribution in [0, 0.1) is 0 Å². The van der Waals surface area contributed by atoms with Crippen LogP contribution in [0.5, 0.6) is 0 Å². The van der Waals surface area contributed by atoms with Gasteiger partial charge in [0.2, 0.25) is 0 Å². The second kappa shape index (κ2) is 4.07. The predicted molar refractivity (Wildman–Crippen MR) is 33.0 cm³/mol. The van der Waals surface area contributed by atoms with Gasteiger partial charge in [-0.3, -0.25) is 4.28 Å². The van der Waals surface area contributed by atoms with E-state index in [1.165, 1.54) is 18.7 Å². The minimum Gasteiger partial charge on any atom is -1.00 e. The van der Waals surface area contributed by atoms with Gasteiger partial charge >= 0.3 is 39.9 Å². The van der Waals surface area contributed by atoms with Crippen LogP contribution >= 0.6 is 0 Å². The molecule has 1 rings (SSSR count). The van der Waals surface area contributed by atoms with Gasteiger partial charge in [0.25, 0.3) is 0 Å². The van der Waals surface area contributed by atoms with Crippen LogP contribution in [-0.4, -0.2) is 18.1 Å². The molecule has 0 aromatic carbocycles. The minimum absolute atomic E-state index is 0. The van der Waals surface area contributed by atoms with Crippen molar-refractivity contribution < 1.29 is 43.7 Å². The number of hydrogen-bond donors (Lipinski definition) is 1. The standard InChI is InChI=1S/C3H5N3O3S.Na.H/c4-10(7,8)9-6-2-1-5-3-6;;/h1-3H,(H2,4,7,8);;/q;+1;-1. The molecule has 0 amide bonds.